The van der Waals surface area contributed by atoms with E-state index in [1.54, 1.807) is 0 Å². The van der Waals surface area contributed by atoms with Crippen LogP contribution in [0.3, 0.4) is 0 Å². The molecule has 0 bridgehead atoms. The van der Waals surface area contributed by atoms with Crippen molar-refractivity contribution in [2.75, 3.05) is 0 Å². The Morgan fingerprint density at radius 2 is 2.06 bits per heavy atom. The van der Waals surface area contributed by atoms with Gasteiger partial charge in [0, 0.05) is 6.07 Å². The molecule has 0 spiro atoms. The second kappa shape index (κ2) is 5.14. The van der Waals surface area contributed by atoms with Crippen LogP contribution in [0.5, 0.6) is 0 Å². The second-order valence-corrected chi connectivity index (χ2v) is 3.47. The van der Waals surface area contributed by atoms with Crippen molar-refractivity contribution in [3.05, 3.63) is 45.8 Å². The van der Waals surface area contributed by atoms with Gasteiger partial charge in [-0.25, -0.2) is 0 Å². The van der Waals surface area contributed by atoms with E-state index < -0.39 is 0 Å². The van der Waals surface area contributed by atoms with Gasteiger partial charge < -0.3 is 10.2 Å². The van der Waals surface area contributed by atoms with Crippen LogP contribution in [-0.2, 0) is 13.0 Å². The number of hydrogen-bond donors (Lipinski definition) is 1. The predicted molar refractivity (Wildman–Crippen MR) is 67.0 cm³/mol. The van der Waals surface area contributed by atoms with Crippen molar-refractivity contribution in [1.29, 1.82) is 0 Å². The van der Waals surface area contributed by atoms with E-state index in [2.05, 4.69) is 6.92 Å². The monoisotopic (exact) mass is 239 g/mol. The van der Waals surface area contributed by atoms with Crippen molar-refractivity contribution in [2.24, 2.45) is 5.73 Å². The number of benzene rings is 1. The summed E-state index contributed by atoms with van der Waals surface area (Å²) in [7, 11) is 0. The lowest BCUT2D eigenvalue weighted by Gasteiger charge is -2.02. The first-order chi connectivity index (χ1) is 7.24. The summed E-state index contributed by atoms with van der Waals surface area (Å²) in [6.07, 6.45) is 0.911. The summed E-state index contributed by atoms with van der Waals surface area (Å²) < 4.78 is 5.47. The van der Waals surface area contributed by atoms with E-state index in [4.69, 9.17) is 10.2 Å². The molecule has 4 heteroatoms. The third-order valence-corrected chi connectivity index (χ3v) is 2.45. The third-order valence-electron chi connectivity index (χ3n) is 2.45. The molecule has 16 heavy (non-hydrogen) atoms. The Hall–Kier alpha value is -1.32. The molecule has 1 aromatic carbocycles. The van der Waals surface area contributed by atoms with Crippen LogP contribution >= 0.6 is 12.4 Å². The van der Waals surface area contributed by atoms with E-state index in [0.29, 0.717) is 16.7 Å². The van der Waals surface area contributed by atoms with Gasteiger partial charge in [0.15, 0.2) is 5.43 Å². The highest BCUT2D eigenvalue weighted by Gasteiger charge is 2.03. The SMILES string of the molecule is CCc1ccc2oc(CN)cc(=O)c2c1.Cl. The predicted octanol–water partition coefficient (Wildman–Crippen LogP) is 2.24. The Bertz CT molecular complexity index is 548. The van der Waals surface area contributed by atoms with Crippen LogP contribution in [0.25, 0.3) is 11.0 Å². The van der Waals surface area contributed by atoms with Crippen LogP contribution in [0.4, 0.5) is 0 Å². The fourth-order valence-electron chi connectivity index (χ4n) is 1.57. The maximum Gasteiger partial charge on any atom is 0.193 e. The van der Waals surface area contributed by atoms with Gasteiger partial charge in [0.05, 0.1) is 11.9 Å². The molecule has 86 valence electrons. The molecule has 0 aliphatic carbocycles. The molecule has 0 aliphatic heterocycles. The van der Waals surface area contributed by atoms with Crippen LogP contribution < -0.4 is 11.2 Å². The molecule has 2 N–H and O–H groups in total. The number of nitrogens with two attached hydrogens (primary N) is 1. The molecule has 2 rings (SSSR count). The van der Waals surface area contributed by atoms with Crippen molar-refractivity contribution in [3.8, 4) is 0 Å². The third kappa shape index (κ3) is 2.26. The summed E-state index contributed by atoms with van der Waals surface area (Å²) in [5.74, 6) is 0.525. The fourth-order valence-corrected chi connectivity index (χ4v) is 1.57. The number of fused-ring (bicyclic) bond motifs is 1. The van der Waals surface area contributed by atoms with Crippen LogP contribution in [-0.4, -0.2) is 0 Å². The van der Waals surface area contributed by atoms with E-state index in [1.165, 1.54) is 6.07 Å². The number of halogens is 1. The topological polar surface area (TPSA) is 56.2 Å². The van der Waals surface area contributed by atoms with Gasteiger partial charge in [0.2, 0.25) is 0 Å². The Labute approximate surface area is 99.7 Å². The molecule has 1 aromatic heterocycles. The molecule has 0 amide bonds. The van der Waals surface area contributed by atoms with Crippen LogP contribution in [0.2, 0.25) is 0 Å². The van der Waals surface area contributed by atoms with Gasteiger partial charge in [-0.1, -0.05) is 13.0 Å². The summed E-state index contributed by atoms with van der Waals surface area (Å²) in [4.78, 5) is 11.7. The van der Waals surface area contributed by atoms with Gasteiger partial charge in [-0.2, -0.15) is 0 Å². The zero-order valence-electron chi connectivity index (χ0n) is 9.03. The van der Waals surface area contributed by atoms with E-state index in [1.807, 2.05) is 18.2 Å². The first-order valence-corrected chi connectivity index (χ1v) is 5.00. The summed E-state index contributed by atoms with van der Waals surface area (Å²) in [5.41, 5.74) is 7.16. The number of rotatable bonds is 2. The average Bonchev–Trinajstić information content (AvgIpc) is 2.28. The molecule has 0 aliphatic rings. The molecule has 0 saturated heterocycles. The standard InChI is InChI=1S/C12H13NO2.ClH/c1-2-8-3-4-12-10(5-8)11(14)6-9(7-13)15-12;/h3-6H,2,7,13H2,1H3;1H. The highest BCUT2D eigenvalue weighted by Crippen LogP contribution is 2.14. The van der Waals surface area contributed by atoms with Crippen molar-refractivity contribution >= 4 is 23.4 Å². The van der Waals surface area contributed by atoms with Gasteiger partial charge in [-0.15, -0.1) is 12.4 Å². The first-order valence-electron chi connectivity index (χ1n) is 5.00. The molecule has 2 aromatic rings. The summed E-state index contributed by atoms with van der Waals surface area (Å²) in [6.45, 7) is 2.30. The molecule has 0 fully saturated rings. The van der Waals surface area contributed by atoms with E-state index >= 15 is 0 Å². The highest BCUT2D eigenvalue weighted by molar-refractivity contribution is 5.85. The zero-order valence-corrected chi connectivity index (χ0v) is 9.84. The van der Waals surface area contributed by atoms with Gasteiger partial charge >= 0.3 is 0 Å². The van der Waals surface area contributed by atoms with E-state index in [-0.39, 0.29) is 24.4 Å². The summed E-state index contributed by atoms with van der Waals surface area (Å²) in [5, 5.41) is 0.631. The maximum absolute atomic E-state index is 11.7. The molecule has 0 unspecified atom stereocenters. The Kier molecular flexibility index (Phi) is 4.10. The quantitative estimate of drug-likeness (QED) is 0.875. The Morgan fingerprint density at radius 1 is 1.31 bits per heavy atom. The van der Waals surface area contributed by atoms with Crippen molar-refractivity contribution in [3.63, 3.8) is 0 Å². The van der Waals surface area contributed by atoms with Gasteiger partial charge in [-0.05, 0) is 24.1 Å². The minimum Gasteiger partial charge on any atom is -0.459 e. The molecule has 0 radical (unpaired) electrons. The van der Waals surface area contributed by atoms with Gasteiger partial charge in [0.25, 0.3) is 0 Å². The Balaban J connectivity index is 0.00000128. The van der Waals surface area contributed by atoms with Gasteiger partial charge in [-0.3, -0.25) is 4.79 Å². The lowest BCUT2D eigenvalue weighted by molar-refractivity contribution is 0.539. The average molecular weight is 240 g/mol. The van der Waals surface area contributed by atoms with Crippen LogP contribution in [0.15, 0.2) is 33.5 Å². The largest absolute Gasteiger partial charge is 0.459 e. The smallest absolute Gasteiger partial charge is 0.193 e. The van der Waals surface area contributed by atoms with E-state index in [9.17, 15) is 4.79 Å². The van der Waals surface area contributed by atoms with Crippen LogP contribution in [0.1, 0.15) is 18.2 Å². The highest BCUT2D eigenvalue weighted by atomic mass is 35.5. The minimum atomic E-state index is -0.0213. The van der Waals surface area contributed by atoms with Crippen molar-refractivity contribution in [2.45, 2.75) is 19.9 Å². The second-order valence-electron chi connectivity index (χ2n) is 3.47. The lowest BCUT2D eigenvalue weighted by Crippen LogP contribution is -2.05. The molecular formula is C12H14ClNO2. The summed E-state index contributed by atoms with van der Waals surface area (Å²) >= 11 is 0. The Morgan fingerprint density at radius 3 is 2.69 bits per heavy atom. The van der Waals surface area contributed by atoms with Crippen molar-refractivity contribution < 1.29 is 4.42 Å². The van der Waals surface area contributed by atoms with Gasteiger partial charge in [0.1, 0.15) is 11.3 Å². The van der Waals surface area contributed by atoms with Crippen molar-refractivity contribution in [1.82, 2.24) is 0 Å². The zero-order chi connectivity index (χ0) is 10.8. The molecular weight excluding hydrogens is 226 g/mol. The first kappa shape index (κ1) is 12.7. The maximum atomic E-state index is 11.7. The lowest BCUT2D eigenvalue weighted by atomic mass is 10.1. The number of aryl methyl sites for hydroxylation is 1. The summed E-state index contributed by atoms with van der Waals surface area (Å²) in [6, 6.07) is 7.13. The fraction of sp³-hybridized carbons (Fsp3) is 0.250. The molecule has 1 heterocycles. The van der Waals surface area contributed by atoms with E-state index in [0.717, 1.165) is 12.0 Å². The minimum absolute atomic E-state index is 0. The molecule has 3 nitrogen and oxygen atoms in total. The normalized spacial score (nSPS) is 10.1. The molecule has 0 saturated carbocycles. The van der Waals surface area contributed by atoms with Crippen LogP contribution in [0, 0.1) is 0 Å². The number of hydrogen-bond acceptors (Lipinski definition) is 3. The molecule has 0 atom stereocenters.